The number of fused-ring (bicyclic) bond motifs is 1. The van der Waals surface area contributed by atoms with Gasteiger partial charge in [0, 0.05) is 42.6 Å². The van der Waals surface area contributed by atoms with Crippen LogP contribution in [0.2, 0.25) is 0 Å². The molecule has 0 bridgehead atoms. The predicted molar refractivity (Wildman–Crippen MR) is 108 cm³/mol. The number of piperidine rings is 1. The van der Waals surface area contributed by atoms with Gasteiger partial charge in [-0.3, -0.25) is 4.79 Å². The molecule has 1 unspecified atom stereocenters. The van der Waals surface area contributed by atoms with Crippen molar-refractivity contribution in [2.45, 2.75) is 26.7 Å². The molecule has 1 N–H and O–H groups in total. The molecule has 0 aliphatic carbocycles. The first-order chi connectivity index (χ1) is 12.6. The molecule has 1 fully saturated rings. The second-order valence-corrected chi connectivity index (χ2v) is 6.91. The summed E-state index contributed by atoms with van der Waals surface area (Å²) in [5, 5.41) is 13.9. The minimum Gasteiger partial charge on any atom is -0.348 e. The summed E-state index contributed by atoms with van der Waals surface area (Å²) in [4.78, 5) is 16.7. The van der Waals surface area contributed by atoms with Gasteiger partial charge >= 0.3 is 0 Å². The molecule has 26 heavy (non-hydrogen) atoms. The maximum absolute atomic E-state index is 12.7. The fraction of sp³-hybridized carbons (Fsp3) is 0.474. The van der Waals surface area contributed by atoms with Gasteiger partial charge in [-0.1, -0.05) is 12.1 Å². The van der Waals surface area contributed by atoms with Crippen LogP contribution < -0.4 is 5.32 Å². The Kier molecular flexibility index (Phi) is 5.98. The zero-order chi connectivity index (χ0) is 18.5. The fourth-order valence-electron chi connectivity index (χ4n) is 3.49. The van der Waals surface area contributed by atoms with E-state index in [9.17, 15) is 4.79 Å². The molecule has 2 aromatic rings. The quantitative estimate of drug-likeness (QED) is 0.834. The zero-order valence-corrected chi connectivity index (χ0v) is 16.1. The number of anilines is 1. The van der Waals surface area contributed by atoms with Crippen LogP contribution in [0, 0.1) is 5.92 Å². The van der Waals surface area contributed by atoms with Gasteiger partial charge in [0.05, 0.1) is 18.3 Å². The molecule has 138 valence electrons. The Balaban J connectivity index is 1.70. The minimum absolute atomic E-state index is 0.0155. The molecule has 0 radical (unpaired) electrons. The second kappa shape index (κ2) is 8.40. The Morgan fingerprint density at radius 3 is 2.85 bits per heavy atom. The number of hydrogen-bond donors (Lipinski definition) is 1. The van der Waals surface area contributed by atoms with E-state index in [0.717, 1.165) is 48.9 Å². The number of carbonyl (C=O) groups is 1. The first kappa shape index (κ1) is 18.5. The molecule has 1 saturated heterocycles. The van der Waals surface area contributed by atoms with E-state index in [2.05, 4.69) is 20.4 Å². The number of nitrogens with one attached hydrogen (secondary N) is 1. The maximum atomic E-state index is 12.7. The van der Waals surface area contributed by atoms with Crippen molar-refractivity contribution in [1.82, 2.24) is 20.0 Å². The summed E-state index contributed by atoms with van der Waals surface area (Å²) in [5.41, 5.74) is 0.916. The summed E-state index contributed by atoms with van der Waals surface area (Å²) in [6.45, 7) is 7.11. The summed E-state index contributed by atoms with van der Waals surface area (Å²) in [7, 11) is 0. The van der Waals surface area contributed by atoms with Gasteiger partial charge < -0.3 is 15.1 Å². The smallest absolute Gasteiger partial charge is 0.227 e. The number of rotatable bonds is 4. The Morgan fingerprint density at radius 1 is 1.31 bits per heavy atom. The minimum atomic E-state index is 0.0155. The molecule has 1 atom stereocenters. The molecule has 1 aliphatic rings. The first-order valence-electron chi connectivity index (χ1n) is 9.18. The third-order valence-electron chi connectivity index (χ3n) is 4.96. The maximum Gasteiger partial charge on any atom is 0.227 e. The van der Waals surface area contributed by atoms with Crippen molar-refractivity contribution in [3.63, 3.8) is 0 Å². The summed E-state index contributed by atoms with van der Waals surface area (Å²) in [6, 6.07) is 5.95. The van der Waals surface area contributed by atoms with Crippen molar-refractivity contribution in [3.05, 3.63) is 30.6 Å². The number of nitrogens with zero attached hydrogens (tertiary/aromatic N) is 4. The lowest BCUT2D eigenvalue weighted by molar-refractivity contribution is -0.136. The van der Waals surface area contributed by atoms with Crippen molar-refractivity contribution in [3.8, 4) is 0 Å². The van der Waals surface area contributed by atoms with Crippen molar-refractivity contribution in [2.24, 2.45) is 5.92 Å². The monoisotopic (exact) mass is 371 g/mol. The molecule has 1 aromatic carbocycles. The van der Waals surface area contributed by atoms with E-state index in [1.807, 2.05) is 36.9 Å². The summed E-state index contributed by atoms with van der Waals surface area (Å²) >= 11 is 5.63. The van der Waals surface area contributed by atoms with Crippen molar-refractivity contribution >= 4 is 39.7 Å². The third-order valence-corrected chi connectivity index (χ3v) is 5.32. The van der Waals surface area contributed by atoms with Gasteiger partial charge in [0.15, 0.2) is 5.11 Å². The largest absolute Gasteiger partial charge is 0.348 e. The molecule has 1 aromatic heterocycles. The molecule has 0 spiro atoms. The van der Waals surface area contributed by atoms with Gasteiger partial charge in [0.25, 0.3) is 0 Å². The Bertz CT molecular complexity index is 787. The van der Waals surface area contributed by atoms with E-state index < -0.39 is 0 Å². The van der Waals surface area contributed by atoms with E-state index >= 15 is 0 Å². The van der Waals surface area contributed by atoms with Crippen LogP contribution in [0.4, 0.5) is 5.69 Å². The molecular weight excluding hydrogens is 346 g/mol. The average Bonchev–Trinajstić information content (AvgIpc) is 2.69. The number of carbonyl (C=O) groups excluding carboxylic acids is 1. The number of benzene rings is 1. The summed E-state index contributed by atoms with van der Waals surface area (Å²) in [5.74, 6) is 0.254. The van der Waals surface area contributed by atoms with Crippen LogP contribution in [0.1, 0.15) is 26.7 Å². The van der Waals surface area contributed by atoms with Gasteiger partial charge in [0.1, 0.15) is 0 Å². The topological polar surface area (TPSA) is 61.4 Å². The molecule has 6 nitrogen and oxygen atoms in total. The van der Waals surface area contributed by atoms with Crippen LogP contribution in [-0.2, 0) is 4.79 Å². The fourth-order valence-corrected chi connectivity index (χ4v) is 3.76. The van der Waals surface area contributed by atoms with Crippen LogP contribution in [0.15, 0.2) is 30.6 Å². The molecular formula is C19H25N5OS. The molecule has 1 amide bonds. The van der Waals surface area contributed by atoms with Crippen molar-refractivity contribution in [1.29, 1.82) is 0 Å². The van der Waals surface area contributed by atoms with E-state index in [1.54, 1.807) is 12.4 Å². The predicted octanol–water partition coefficient (Wildman–Crippen LogP) is 2.91. The van der Waals surface area contributed by atoms with Crippen molar-refractivity contribution < 1.29 is 4.79 Å². The highest BCUT2D eigenvalue weighted by atomic mass is 32.1. The van der Waals surface area contributed by atoms with Crippen molar-refractivity contribution in [2.75, 3.05) is 31.5 Å². The van der Waals surface area contributed by atoms with E-state index in [-0.39, 0.29) is 11.8 Å². The Labute approximate surface area is 159 Å². The van der Waals surface area contributed by atoms with Crippen LogP contribution in [0.3, 0.4) is 0 Å². The third kappa shape index (κ3) is 3.93. The normalized spacial score (nSPS) is 17.2. The molecule has 3 rings (SSSR count). The zero-order valence-electron chi connectivity index (χ0n) is 15.3. The second-order valence-electron chi connectivity index (χ2n) is 6.52. The first-order valence-corrected chi connectivity index (χ1v) is 9.59. The molecule has 1 aliphatic heterocycles. The number of hydrogen-bond acceptors (Lipinski definition) is 4. The van der Waals surface area contributed by atoms with Crippen LogP contribution in [-0.4, -0.2) is 57.2 Å². The number of amides is 1. The van der Waals surface area contributed by atoms with E-state index in [1.165, 1.54) is 0 Å². The summed E-state index contributed by atoms with van der Waals surface area (Å²) in [6.07, 6.45) is 5.38. The lowest BCUT2D eigenvalue weighted by atomic mass is 9.96. The molecule has 2 heterocycles. The average molecular weight is 372 g/mol. The van der Waals surface area contributed by atoms with Gasteiger partial charge in [-0.15, -0.1) is 0 Å². The van der Waals surface area contributed by atoms with Crippen LogP contribution in [0.5, 0.6) is 0 Å². The summed E-state index contributed by atoms with van der Waals surface area (Å²) < 4.78 is 0. The van der Waals surface area contributed by atoms with Gasteiger partial charge in [-0.05, 0) is 45.0 Å². The lowest BCUT2D eigenvalue weighted by Gasteiger charge is -2.36. The SMILES string of the molecule is CCN(CC)C(=O)C1CCCN(C(=S)Nc2cccc3cnncc23)C1. The highest BCUT2D eigenvalue weighted by Gasteiger charge is 2.29. The highest BCUT2D eigenvalue weighted by molar-refractivity contribution is 7.80. The van der Waals surface area contributed by atoms with E-state index in [4.69, 9.17) is 12.2 Å². The standard InChI is InChI=1S/C19H25N5OS/c1-3-23(4-2)18(25)15-8-6-10-24(13-15)19(26)22-17-9-5-7-14-11-20-21-12-16(14)17/h5,7,9,11-12,15H,3-4,6,8,10,13H2,1-2H3,(H,22,26). The molecule has 7 heteroatoms. The van der Waals surface area contributed by atoms with Gasteiger partial charge in [-0.25, -0.2) is 0 Å². The van der Waals surface area contributed by atoms with Gasteiger partial charge in [0.2, 0.25) is 5.91 Å². The Morgan fingerprint density at radius 2 is 2.08 bits per heavy atom. The van der Waals surface area contributed by atoms with Crippen LogP contribution >= 0.6 is 12.2 Å². The number of likely N-dealkylation sites (tertiary alicyclic amines) is 1. The molecule has 0 saturated carbocycles. The number of thiocarbonyl (C=S) groups is 1. The van der Waals surface area contributed by atoms with E-state index in [0.29, 0.717) is 11.7 Å². The number of aromatic nitrogens is 2. The van der Waals surface area contributed by atoms with Crippen LogP contribution in [0.25, 0.3) is 10.8 Å². The van der Waals surface area contributed by atoms with Gasteiger partial charge in [-0.2, -0.15) is 10.2 Å². The Hall–Kier alpha value is -2.28. The lowest BCUT2D eigenvalue weighted by Crippen LogP contribution is -2.47. The highest BCUT2D eigenvalue weighted by Crippen LogP contribution is 2.24.